The van der Waals surface area contributed by atoms with Crippen molar-refractivity contribution in [2.75, 3.05) is 39.4 Å². The third-order valence-corrected chi connectivity index (χ3v) is 4.27. The summed E-state index contributed by atoms with van der Waals surface area (Å²) in [4.78, 5) is 14.5. The highest BCUT2D eigenvalue weighted by Gasteiger charge is 2.17. The first-order valence-electron chi connectivity index (χ1n) is 8.29. The summed E-state index contributed by atoms with van der Waals surface area (Å²) in [5.74, 6) is 0.718. The van der Waals surface area contributed by atoms with Crippen LogP contribution < -0.4 is 10.1 Å². The van der Waals surface area contributed by atoms with Gasteiger partial charge in [-0.2, -0.15) is 0 Å². The number of morpholine rings is 1. The SMILES string of the molecule is Cc1cc(C)c(C)c(OC(C)C(=O)NCCN2CCOCC2)c1. The van der Waals surface area contributed by atoms with Crippen LogP contribution in [0.2, 0.25) is 0 Å². The Labute approximate surface area is 139 Å². The van der Waals surface area contributed by atoms with Crippen LogP contribution in [0.3, 0.4) is 0 Å². The van der Waals surface area contributed by atoms with Crippen LogP contribution in [0.15, 0.2) is 12.1 Å². The number of benzene rings is 1. The predicted molar refractivity (Wildman–Crippen MR) is 91.0 cm³/mol. The molecule has 0 aromatic heterocycles. The van der Waals surface area contributed by atoms with E-state index < -0.39 is 6.10 Å². The lowest BCUT2D eigenvalue weighted by atomic mass is 10.1. The Morgan fingerprint density at radius 2 is 2.00 bits per heavy atom. The van der Waals surface area contributed by atoms with Crippen LogP contribution in [0.4, 0.5) is 0 Å². The fourth-order valence-corrected chi connectivity index (χ4v) is 2.67. The van der Waals surface area contributed by atoms with E-state index in [4.69, 9.17) is 9.47 Å². The van der Waals surface area contributed by atoms with Crippen molar-refractivity contribution in [2.24, 2.45) is 0 Å². The van der Waals surface area contributed by atoms with Gasteiger partial charge >= 0.3 is 0 Å². The molecule has 1 N–H and O–H groups in total. The van der Waals surface area contributed by atoms with Crippen molar-refractivity contribution in [3.05, 3.63) is 28.8 Å². The monoisotopic (exact) mass is 320 g/mol. The molecule has 1 aromatic carbocycles. The van der Waals surface area contributed by atoms with Gasteiger partial charge in [0.1, 0.15) is 5.75 Å². The zero-order valence-electron chi connectivity index (χ0n) is 14.6. The van der Waals surface area contributed by atoms with Gasteiger partial charge in [0.05, 0.1) is 13.2 Å². The predicted octanol–water partition coefficient (Wildman–Crippen LogP) is 1.83. The number of carbonyl (C=O) groups excluding carboxylic acids is 1. The second-order valence-electron chi connectivity index (χ2n) is 6.21. The highest BCUT2D eigenvalue weighted by Crippen LogP contribution is 2.24. The van der Waals surface area contributed by atoms with E-state index in [-0.39, 0.29) is 5.91 Å². The van der Waals surface area contributed by atoms with Gasteiger partial charge in [-0.3, -0.25) is 9.69 Å². The summed E-state index contributed by atoms with van der Waals surface area (Å²) in [6, 6.07) is 4.11. The molecule has 0 spiro atoms. The van der Waals surface area contributed by atoms with E-state index in [2.05, 4.69) is 23.2 Å². The first kappa shape index (κ1) is 17.8. The Balaban J connectivity index is 1.80. The summed E-state index contributed by atoms with van der Waals surface area (Å²) in [5, 5.41) is 2.95. The van der Waals surface area contributed by atoms with E-state index in [0.717, 1.165) is 49.7 Å². The number of nitrogens with zero attached hydrogens (tertiary/aromatic N) is 1. The van der Waals surface area contributed by atoms with Crippen LogP contribution in [-0.4, -0.2) is 56.3 Å². The zero-order chi connectivity index (χ0) is 16.8. The summed E-state index contributed by atoms with van der Waals surface area (Å²) in [6.45, 7) is 12.8. The average molecular weight is 320 g/mol. The molecule has 0 aliphatic carbocycles. The van der Waals surface area contributed by atoms with Gasteiger partial charge in [-0.05, 0) is 50.5 Å². The fourth-order valence-electron chi connectivity index (χ4n) is 2.67. The largest absolute Gasteiger partial charge is 0.481 e. The van der Waals surface area contributed by atoms with Gasteiger partial charge in [0.15, 0.2) is 6.10 Å². The summed E-state index contributed by atoms with van der Waals surface area (Å²) in [6.07, 6.45) is -0.500. The van der Waals surface area contributed by atoms with Gasteiger partial charge in [0.2, 0.25) is 0 Å². The third-order valence-electron chi connectivity index (χ3n) is 4.27. The maximum Gasteiger partial charge on any atom is 0.260 e. The lowest BCUT2D eigenvalue weighted by molar-refractivity contribution is -0.127. The van der Waals surface area contributed by atoms with Crippen molar-refractivity contribution in [3.63, 3.8) is 0 Å². The van der Waals surface area contributed by atoms with Gasteiger partial charge in [0, 0.05) is 26.2 Å². The smallest absolute Gasteiger partial charge is 0.260 e. The van der Waals surface area contributed by atoms with Gasteiger partial charge in [-0.25, -0.2) is 0 Å². The second kappa shape index (κ2) is 8.31. The molecule has 1 aliphatic rings. The standard InChI is InChI=1S/C18H28N2O3/c1-13-11-14(2)15(3)17(12-13)23-16(4)18(21)19-5-6-20-7-9-22-10-8-20/h11-12,16H,5-10H2,1-4H3,(H,19,21). The van der Waals surface area contributed by atoms with Crippen LogP contribution in [0.1, 0.15) is 23.6 Å². The van der Waals surface area contributed by atoms with E-state index >= 15 is 0 Å². The lowest BCUT2D eigenvalue weighted by Gasteiger charge is -2.26. The van der Waals surface area contributed by atoms with Crippen LogP contribution in [-0.2, 0) is 9.53 Å². The minimum absolute atomic E-state index is 0.0724. The molecule has 1 aliphatic heterocycles. The van der Waals surface area contributed by atoms with Crippen molar-refractivity contribution in [1.29, 1.82) is 0 Å². The highest BCUT2D eigenvalue weighted by atomic mass is 16.5. The molecule has 0 radical (unpaired) electrons. The van der Waals surface area contributed by atoms with Crippen molar-refractivity contribution in [3.8, 4) is 5.75 Å². The Morgan fingerprint density at radius 3 is 2.70 bits per heavy atom. The maximum atomic E-state index is 12.2. The van der Waals surface area contributed by atoms with Gasteiger partial charge in [-0.15, -0.1) is 0 Å². The molecule has 2 rings (SSSR count). The lowest BCUT2D eigenvalue weighted by Crippen LogP contribution is -2.44. The Kier molecular flexibility index (Phi) is 6.42. The van der Waals surface area contributed by atoms with Crippen molar-refractivity contribution < 1.29 is 14.3 Å². The first-order chi connectivity index (χ1) is 11.0. The Hall–Kier alpha value is -1.59. The number of ether oxygens (including phenoxy) is 2. The number of nitrogens with one attached hydrogen (secondary N) is 1. The molecule has 1 atom stereocenters. The molecule has 1 aromatic rings. The molecular formula is C18H28N2O3. The molecule has 5 nitrogen and oxygen atoms in total. The summed E-state index contributed by atoms with van der Waals surface area (Å²) in [7, 11) is 0. The zero-order valence-corrected chi connectivity index (χ0v) is 14.6. The molecule has 23 heavy (non-hydrogen) atoms. The van der Waals surface area contributed by atoms with Crippen LogP contribution >= 0.6 is 0 Å². The number of carbonyl (C=O) groups is 1. The number of amides is 1. The van der Waals surface area contributed by atoms with Crippen LogP contribution in [0.5, 0.6) is 5.75 Å². The van der Waals surface area contributed by atoms with Crippen molar-refractivity contribution in [2.45, 2.75) is 33.8 Å². The molecule has 1 heterocycles. The molecule has 0 saturated carbocycles. The Bertz CT molecular complexity index is 539. The molecule has 1 amide bonds. The molecular weight excluding hydrogens is 292 g/mol. The van der Waals surface area contributed by atoms with Crippen molar-refractivity contribution in [1.82, 2.24) is 10.2 Å². The van der Waals surface area contributed by atoms with E-state index in [0.29, 0.717) is 6.54 Å². The summed E-state index contributed by atoms with van der Waals surface area (Å²) >= 11 is 0. The molecule has 128 valence electrons. The van der Waals surface area contributed by atoms with Crippen LogP contribution in [0, 0.1) is 20.8 Å². The Morgan fingerprint density at radius 1 is 1.30 bits per heavy atom. The third kappa shape index (κ3) is 5.22. The molecule has 1 fully saturated rings. The van der Waals surface area contributed by atoms with Gasteiger partial charge < -0.3 is 14.8 Å². The van der Waals surface area contributed by atoms with E-state index in [1.54, 1.807) is 6.92 Å². The van der Waals surface area contributed by atoms with Crippen LogP contribution in [0.25, 0.3) is 0 Å². The minimum atomic E-state index is -0.500. The molecule has 1 saturated heterocycles. The number of hydrogen-bond donors (Lipinski definition) is 1. The summed E-state index contributed by atoms with van der Waals surface area (Å²) < 4.78 is 11.2. The van der Waals surface area contributed by atoms with Gasteiger partial charge in [0.25, 0.3) is 5.91 Å². The quantitative estimate of drug-likeness (QED) is 0.869. The van der Waals surface area contributed by atoms with Crippen molar-refractivity contribution >= 4 is 5.91 Å². The van der Waals surface area contributed by atoms with E-state index in [9.17, 15) is 4.79 Å². The second-order valence-corrected chi connectivity index (χ2v) is 6.21. The fraction of sp³-hybridized carbons (Fsp3) is 0.611. The highest BCUT2D eigenvalue weighted by molar-refractivity contribution is 5.80. The number of hydrogen-bond acceptors (Lipinski definition) is 4. The van der Waals surface area contributed by atoms with E-state index in [1.165, 1.54) is 5.56 Å². The molecule has 5 heteroatoms. The number of aryl methyl sites for hydroxylation is 2. The summed E-state index contributed by atoms with van der Waals surface area (Å²) in [5.41, 5.74) is 3.41. The number of rotatable bonds is 6. The average Bonchev–Trinajstić information content (AvgIpc) is 2.53. The molecule has 0 bridgehead atoms. The minimum Gasteiger partial charge on any atom is -0.481 e. The van der Waals surface area contributed by atoms with Gasteiger partial charge in [-0.1, -0.05) is 6.07 Å². The first-order valence-corrected chi connectivity index (χ1v) is 8.29. The topological polar surface area (TPSA) is 50.8 Å². The maximum absolute atomic E-state index is 12.2. The van der Waals surface area contributed by atoms with E-state index in [1.807, 2.05) is 19.9 Å². The normalized spacial score (nSPS) is 16.9. The molecule has 1 unspecified atom stereocenters.